The molecule has 0 saturated carbocycles. The molecule has 0 bridgehead atoms. The molecule has 0 fully saturated rings. The van der Waals surface area contributed by atoms with Crippen molar-refractivity contribution in [2.75, 3.05) is 7.11 Å². The largest absolute Gasteiger partial charge is 0.504 e. The second-order valence-electron chi connectivity index (χ2n) is 2.92. The zero-order valence-corrected chi connectivity index (χ0v) is 7.85. The summed E-state index contributed by atoms with van der Waals surface area (Å²) in [5.74, 6) is -0.976. The Balaban J connectivity index is 2.98. The van der Waals surface area contributed by atoms with E-state index in [1.54, 1.807) is 12.1 Å². The lowest BCUT2D eigenvalue weighted by atomic mass is 10.2. The highest BCUT2D eigenvalue weighted by Gasteiger charge is 2.14. The molecule has 1 heterocycles. The molecule has 1 aromatic heterocycles. The third-order valence-electron chi connectivity index (χ3n) is 2.07. The number of fused-ring (bicyclic) bond motifs is 1. The molecule has 0 saturated heterocycles. The third kappa shape index (κ3) is 1.28. The summed E-state index contributed by atoms with van der Waals surface area (Å²) in [6.45, 7) is 0. The van der Waals surface area contributed by atoms with Crippen LogP contribution in [0.3, 0.4) is 0 Å². The van der Waals surface area contributed by atoms with Crippen LogP contribution in [-0.2, 0) is 0 Å². The Kier molecular flexibility index (Phi) is 2.00. The van der Waals surface area contributed by atoms with E-state index in [9.17, 15) is 15.0 Å². The lowest BCUT2D eigenvalue weighted by molar-refractivity contribution is 0.370. The van der Waals surface area contributed by atoms with Crippen LogP contribution in [0, 0.1) is 0 Å². The second kappa shape index (κ2) is 3.20. The Morgan fingerprint density at radius 1 is 1.27 bits per heavy atom. The summed E-state index contributed by atoms with van der Waals surface area (Å²) >= 11 is 0. The predicted octanol–water partition coefficient (Wildman–Crippen LogP) is 1.21. The molecule has 0 atom stereocenters. The van der Waals surface area contributed by atoms with E-state index in [2.05, 4.69) is 0 Å². The summed E-state index contributed by atoms with van der Waals surface area (Å²) in [6.07, 6.45) is 0. The summed E-state index contributed by atoms with van der Waals surface area (Å²) < 4.78 is 9.76. The van der Waals surface area contributed by atoms with E-state index >= 15 is 0 Å². The number of rotatable bonds is 1. The van der Waals surface area contributed by atoms with E-state index in [1.165, 1.54) is 13.2 Å². The maximum atomic E-state index is 11.1. The molecule has 5 heteroatoms. The number of hydrogen-bond acceptors (Lipinski definition) is 5. The second-order valence-corrected chi connectivity index (χ2v) is 2.92. The minimum Gasteiger partial charge on any atom is -0.504 e. The first kappa shape index (κ1) is 9.39. The van der Waals surface area contributed by atoms with E-state index in [4.69, 9.17) is 9.15 Å². The number of methoxy groups -OCH3 is 1. The molecule has 78 valence electrons. The Morgan fingerprint density at radius 2 is 2.00 bits per heavy atom. The van der Waals surface area contributed by atoms with Gasteiger partial charge in [0.15, 0.2) is 17.1 Å². The fraction of sp³-hybridized carbons (Fsp3) is 0.100. The monoisotopic (exact) mass is 208 g/mol. The summed E-state index contributed by atoms with van der Waals surface area (Å²) in [4.78, 5) is 11.1. The topological polar surface area (TPSA) is 79.9 Å². The lowest BCUT2D eigenvalue weighted by Gasteiger charge is -2.05. The van der Waals surface area contributed by atoms with Crippen molar-refractivity contribution in [1.29, 1.82) is 0 Å². The van der Waals surface area contributed by atoms with Crippen molar-refractivity contribution in [2.24, 2.45) is 0 Å². The van der Waals surface area contributed by atoms with Gasteiger partial charge in [0.2, 0.25) is 5.75 Å². The molecule has 0 unspecified atom stereocenters. The molecular formula is C10H8O5. The van der Waals surface area contributed by atoms with Crippen LogP contribution in [0.5, 0.6) is 17.2 Å². The molecular weight excluding hydrogens is 200 g/mol. The Morgan fingerprint density at radius 3 is 2.67 bits per heavy atom. The van der Waals surface area contributed by atoms with Crippen LogP contribution in [-0.4, -0.2) is 17.3 Å². The molecule has 1 aromatic carbocycles. The number of benzene rings is 1. The Bertz CT molecular complexity index is 570. The fourth-order valence-electron chi connectivity index (χ4n) is 1.33. The van der Waals surface area contributed by atoms with Gasteiger partial charge >= 0.3 is 5.63 Å². The number of ether oxygens (including phenoxy) is 1. The Hall–Kier alpha value is -2.17. The van der Waals surface area contributed by atoms with Crippen molar-refractivity contribution in [3.05, 3.63) is 28.6 Å². The maximum absolute atomic E-state index is 11.1. The first-order valence-electron chi connectivity index (χ1n) is 4.17. The third-order valence-corrected chi connectivity index (χ3v) is 2.07. The van der Waals surface area contributed by atoms with Crippen molar-refractivity contribution in [2.45, 2.75) is 0 Å². The van der Waals surface area contributed by atoms with E-state index < -0.39 is 17.1 Å². The molecule has 2 aromatic rings. The summed E-state index contributed by atoms with van der Waals surface area (Å²) in [5, 5.41) is 18.9. The number of aromatic hydroxyl groups is 2. The van der Waals surface area contributed by atoms with Crippen LogP contribution in [0.1, 0.15) is 0 Å². The first-order chi connectivity index (χ1) is 7.15. The van der Waals surface area contributed by atoms with Gasteiger partial charge in [0.05, 0.1) is 12.5 Å². The zero-order chi connectivity index (χ0) is 11.0. The highest BCUT2D eigenvalue weighted by Crippen LogP contribution is 2.34. The summed E-state index contributed by atoms with van der Waals surface area (Å²) in [6, 6.07) is 4.71. The maximum Gasteiger partial charge on any atom is 0.382 e. The SMILES string of the molecule is COc1cccc2c(O)c(O)c(=O)oc12. The quantitative estimate of drug-likeness (QED) is 0.688. The van der Waals surface area contributed by atoms with Crippen molar-refractivity contribution in [1.82, 2.24) is 0 Å². The van der Waals surface area contributed by atoms with E-state index in [0.717, 1.165) is 0 Å². The van der Waals surface area contributed by atoms with Gasteiger partial charge in [-0.3, -0.25) is 0 Å². The molecule has 0 aliphatic rings. The van der Waals surface area contributed by atoms with Gasteiger partial charge in [0.1, 0.15) is 0 Å². The number of para-hydroxylation sites is 1. The summed E-state index contributed by atoms with van der Waals surface area (Å²) in [7, 11) is 1.42. The van der Waals surface area contributed by atoms with Crippen LogP contribution in [0.15, 0.2) is 27.4 Å². The first-order valence-corrected chi connectivity index (χ1v) is 4.17. The average molecular weight is 208 g/mol. The highest BCUT2D eigenvalue weighted by atomic mass is 16.5. The highest BCUT2D eigenvalue weighted by molar-refractivity contribution is 5.89. The smallest absolute Gasteiger partial charge is 0.382 e. The van der Waals surface area contributed by atoms with Gasteiger partial charge in [0, 0.05) is 0 Å². The molecule has 5 nitrogen and oxygen atoms in total. The van der Waals surface area contributed by atoms with Crippen molar-refractivity contribution < 1.29 is 19.4 Å². The molecule has 2 rings (SSSR count). The van der Waals surface area contributed by atoms with Gasteiger partial charge in [0.25, 0.3) is 0 Å². The lowest BCUT2D eigenvalue weighted by Crippen LogP contribution is -1.99. The van der Waals surface area contributed by atoms with Gasteiger partial charge in [-0.2, -0.15) is 0 Å². The normalized spacial score (nSPS) is 10.5. The van der Waals surface area contributed by atoms with Gasteiger partial charge in [-0.15, -0.1) is 0 Å². The average Bonchev–Trinajstić information content (AvgIpc) is 2.25. The van der Waals surface area contributed by atoms with Gasteiger partial charge in [-0.25, -0.2) is 4.79 Å². The van der Waals surface area contributed by atoms with Gasteiger partial charge < -0.3 is 19.4 Å². The molecule has 0 amide bonds. The fourth-order valence-corrected chi connectivity index (χ4v) is 1.33. The van der Waals surface area contributed by atoms with Gasteiger partial charge in [-0.1, -0.05) is 6.07 Å². The van der Waals surface area contributed by atoms with Gasteiger partial charge in [-0.05, 0) is 12.1 Å². The van der Waals surface area contributed by atoms with E-state index in [0.29, 0.717) is 5.75 Å². The Labute approximate surface area is 84.1 Å². The minimum atomic E-state index is -0.996. The van der Waals surface area contributed by atoms with E-state index in [-0.39, 0.29) is 11.0 Å². The van der Waals surface area contributed by atoms with Crippen LogP contribution >= 0.6 is 0 Å². The van der Waals surface area contributed by atoms with Crippen LogP contribution in [0.2, 0.25) is 0 Å². The van der Waals surface area contributed by atoms with E-state index in [1.807, 2.05) is 0 Å². The molecule has 0 spiro atoms. The minimum absolute atomic E-state index is 0.111. The molecule has 2 N–H and O–H groups in total. The van der Waals surface area contributed by atoms with Crippen LogP contribution < -0.4 is 10.4 Å². The summed E-state index contributed by atoms with van der Waals surface area (Å²) in [5.41, 5.74) is -0.884. The van der Waals surface area contributed by atoms with Crippen LogP contribution in [0.25, 0.3) is 11.0 Å². The van der Waals surface area contributed by atoms with Crippen molar-refractivity contribution in [3.8, 4) is 17.2 Å². The molecule has 0 radical (unpaired) electrons. The standard InChI is InChI=1S/C10H8O5/c1-14-6-4-2-3-5-7(11)8(12)10(13)15-9(5)6/h2-4,11-12H,1H3. The molecule has 0 aliphatic carbocycles. The molecule has 15 heavy (non-hydrogen) atoms. The van der Waals surface area contributed by atoms with Crippen LogP contribution in [0.4, 0.5) is 0 Å². The van der Waals surface area contributed by atoms with Crippen molar-refractivity contribution in [3.63, 3.8) is 0 Å². The predicted molar refractivity (Wildman–Crippen MR) is 52.4 cm³/mol. The molecule has 0 aliphatic heterocycles. The zero-order valence-electron chi connectivity index (χ0n) is 7.85. The number of hydrogen-bond donors (Lipinski definition) is 2. The van der Waals surface area contributed by atoms with Crippen molar-refractivity contribution >= 4 is 11.0 Å².